The Morgan fingerprint density at radius 2 is 2.25 bits per heavy atom. The van der Waals surface area contributed by atoms with Crippen molar-refractivity contribution in [3.63, 3.8) is 0 Å². The third-order valence-electron chi connectivity index (χ3n) is 3.39. The molecule has 5 N–H and O–H groups in total. The van der Waals surface area contributed by atoms with Crippen molar-refractivity contribution in [3.05, 3.63) is 0 Å². The van der Waals surface area contributed by atoms with Gasteiger partial charge in [0.05, 0.1) is 7.85 Å². The number of hydrogen-bond acceptors (Lipinski definition) is 4. The Labute approximate surface area is 97.5 Å². The molecular formula is C10H20BN3O2. The van der Waals surface area contributed by atoms with Gasteiger partial charge in [0.15, 0.2) is 0 Å². The summed E-state index contributed by atoms with van der Waals surface area (Å²) in [7, 11) is 5.39. The summed E-state index contributed by atoms with van der Waals surface area (Å²) in [6.45, 7) is 1.28. The molecule has 0 aromatic heterocycles. The Morgan fingerprint density at radius 3 is 2.69 bits per heavy atom. The van der Waals surface area contributed by atoms with Crippen molar-refractivity contribution in [2.45, 2.75) is 37.5 Å². The van der Waals surface area contributed by atoms with Gasteiger partial charge in [0.25, 0.3) is 0 Å². The van der Waals surface area contributed by atoms with Gasteiger partial charge in [0.2, 0.25) is 0 Å². The minimum absolute atomic E-state index is 0.0622. The summed E-state index contributed by atoms with van der Waals surface area (Å²) in [5.41, 5.74) is 4.88. The first-order valence-electron chi connectivity index (χ1n) is 5.72. The minimum Gasteiger partial charge on any atom is -0.480 e. The van der Waals surface area contributed by atoms with Crippen LogP contribution in [0.5, 0.6) is 0 Å². The predicted octanol–water partition coefficient (Wildman–Crippen LogP) is -0.279. The van der Waals surface area contributed by atoms with E-state index < -0.39 is 11.5 Å². The molecule has 1 fully saturated rings. The lowest BCUT2D eigenvalue weighted by atomic mass is 9.79. The average molecular weight is 225 g/mol. The Kier molecular flexibility index (Phi) is 4.77. The van der Waals surface area contributed by atoms with E-state index in [2.05, 4.69) is 0 Å². The van der Waals surface area contributed by atoms with Crippen LogP contribution in [0, 0.1) is 5.92 Å². The van der Waals surface area contributed by atoms with Gasteiger partial charge in [-0.15, -0.1) is 0 Å². The topological polar surface area (TPSA) is 92.6 Å². The largest absolute Gasteiger partial charge is 0.480 e. The van der Waals surface area contributed by atoms with Crippen LogP contribution in [0.2, 0.25) is 6.32 Å². The SMILES string of the molecule is [B]CCCC[C@](N)(C(=O)O)C1CCN(N)C1. The summed E-state index contributed by atoms with van der Waals surface area (Å²) in [6.07, 6.45) is 3.36. The highest BCUT2D eigenvalue weighted by molar-refractivity contribution is 6.08. The minimum atomic E-state index is -1.15. The monoisotopic (exact) mass is 225 g/mol. The molecule has 2 atom stereocenters. The highest BCUT2D eigenvalue weighted by Crippen LogP contribution is 2.29. The Balaban J connectivity index is 2.60. The fourth-order valence-corrected chi connectivity index (χ4v) is 2.26. The van der Waals surface area contributed by atoms with Crippen molar-refractivity contribution >= 4 is 13.8 Å². The smallest absolute Gasteiger partial charge is 0.324 e. The molecule has 5 nitrogen and oxygen atoms in total. The number of hydrazine groups is 1. The van der Waals surface area contributed by atoms with Gasteiger partial charge in [-0.2, -0.15) is 0 Å². The molecule has 0 spiro atoms. The van der Waals surface area contributed by atoms with Gasteiger partial charge in [-0.3, -0.25) is 10.6 Å². The number of carboxylic acids is 1. The van der Waals surface area contributed by atoms with E-state index in [-0.39, 0.29) is 5.92 Å². The lowest BCUT2D eigenvalue weighted by Crippen LogP contribution is -2.55. The van der Waals surface area contributed by atoms with Crippen LogP contribution in [0.1, 0.15) is 25.7 Å². The second-order valence-electron chi connectivity index (χ2n) is 4.57. The molecule has 0 aromatic carbocycles. The van der Waals surface area contributed by atoms with Crippen molar-refractivity contribution in [1.29, 1.82) is 0 Å². The van der Waals surface area contributed by atoms with Gasteiger partial charge in [0, 0.05) is 19.0 Å². The molecule has 0 saturated carbocycles. The van der Waals surface area contributed by atoms with Crippen molar-refractivity contribution in [3.8, 4) is 0 Å². The fraction of sp³-hybridized carbons (Fsp3) is 0.900. The Morgan fingerprint density at radius 1 is 1.56 bits per heavy atom. The number of nitrogens with zero attached hydrogens (tertiary/aromatic N) is 1. The molecule has 1 rings (SSSR count). The second kappa shape index (κ2) is 5.66. The lowest BCUT2D eigenvalue weighted by molar-refractivity contribution is -0.145. The molecule has 0 amide bonds. The number of carboxylic acid groups (broad SMARTS) is 1. The van der Waals surface area contributed by atoms with Crippen LogP contribution in [0.3, 0.4) is 0 Å². The van der Waals surface area contributed by atoms with Crippen LogP contribution in [0.15, 0.2) is 0 Å². The van der Waals surface area contributed by atoms with Gasteiger partial charge in [-0.1, -0.05) is 19.2 Å². The number of rotatable bonds is 6. The molecule has 1 heterocycles. The van der Waals surface area contributed by atoms with Crippen LogP contribution in [0.25, 0.3) is 0 Å². The normalized spacial score (nSPS) is 25.5. The number of nitrogens with two attached hydrogens (primary N) is 2. The highest BCUT2D eigenvalue weighted by Gasteiger charge is 2.44. The summed E-state index contributed by atoms with van der Waals surface area (Å²) in [5, 5.41) is 10.9. The molecular weight excluding hydrogens is 205 g/mol. The van der Waals surface area contributed by atoms with Crippen LogP contribution in [-0.2, 0) is 4.79 Å². The first-order chi connectivity index (χ1) is 7.50. The van der Waals surface area contributed by atoms with Crippen molar-refractivity contribution in [2.75, 3.05) is 13.1 Å². The zero-order chi connectivity index (χ0) is 12.2. The van der Waals surface area contributed by atoms with Crippen LogP contribution in [0.4, 0.5) is 0 Å². The van der Waals surface area contributed by atoms with Gasteiger partial charge < -0.3 is 10.8 Å². The van der Waals surface area contributed by atoms with Crippen molar-refractivity contribution in [1.82, 2.24) is 5.01 Å². The second-order valence-corrected chi connectivity index (χ2v) is 4.57. The molecule has 0 aliphatic carbocycles. The zero-order valence-corrected chi connectivity index (χ0v) is 9.56. The summed E-state index contributed by atoms with van der Waals surface area (Å²) in [6, 6.07) is 0. The first kappa shape index (κ1) is 13.5. The maximum atomic E-state index is 11.3. The summed E-state index contributed by atoms with van der Waals surface area (Å²) < 4.78 is 0. The maximum Gasteiger partial charge on any atom is 0.324 e. The van der Waals surface area contributed by atoms with Crippen molar-refractivity contribution < 1.29 is 9.90 Å². The van der Waals surface area contributed by atoms with E-state index >= 15 is 0 Å². The van der Waals surface area contributed by atoms with Gasteiger partial charge in [-0.25, -0.2) is 5.01 Å². The number of carbonyl (C=O) groups is 1. The standard InChI is InChI=1S/C10H20BN3O2/c11-5-2-1-4-10(12,9(15)16)8-3-6-14(13)7-8/h8H,1-7,12-13H2,(H,15,16)/t8?,10-/m1/s1. The van der Waals surface area contributed by atoms with E-state index in [9.17, 15) is 9.90 Å². The molecule has 1 saturated heterocycles. The van der Waals surface area contributed by atoms with E-state index in [1.807, 2.05) is 0 Å². The van der Waals surface area contributed by atoms with Gasteiger partial charge >= 0.3 is 5.97 Å². The van der Waals surface area contributed by atoms with Gasteiger partial charge in [0.1, 0.15) is 5.54 Å². The molecule has 1 aliphatic heterocycles. The van der Waals surface area contributed by atoms with E-state index in [0.717, 1.165) is 19.3 Å². The molecule has 1 unspecified atom stereocenters. The third kappa shape index (κ3) is 2.96. The molecule has 90 valence electrons. The highest BCUT2D eigenvalue weighted by atomic mass is 16.4. The Bertz CT molecular complexity index is 252. The number of unbranched alkanes of at least 4 members (excludes halogenated alkanes) is 1. The maximum absolute atomic E-state index is 11.3. The average Bonchev–Trinajstić information content (AvgIpc) is 2.65. The zero-order valence-electron chi connectivity index (χ0n) is 9.56. The molecule has 6 heteroatoms. The molecule has 16 heavy (non-hydrogen) atoms. The quantitative estimate of drug-likeness (QED) is 0.328. The fourth-order valence-electron chi connectivity index (χ4n) is 2.26. The van der Waals surface area contributed by atoms with Crippen LogP contribution >= 0.6 is 0 Å². The number of hydrogen-bond donors (Lipinski definition) is 3. The molecule has 2 radical (unpaired) electrons. The predicted molar refractivity (Wildman–Crippen MR) is 62.8 cm³/mol. The first-order valence-corrected chi connectivity index (χ1v) is 5.72. The summed E-state index contributed by atoms with van der Waals surface area (Å²) in [5.74, 6) is 4.65. The summed E-state index contributed by atoms with van der Waals surface area (Å²) in [4.78, 5) is 11.3. The van der Waals surface area contributed by atoms with Crippen molar-refractivity contribution in [2.24, 2.45) is 17.5 Å². The van der Waals surface area contributed by atoms with E-state index in [0.29, 0.717) is 25.8 Å². The van der Waals surface area contributed by atoms with Gasteiger partial charge in [-0.05, 0) is 12.8 Å². The van der Waals surface area contributed by atoms with E-state index in [1.54, 1.807) is 5.01 Å². The van der Waals surface area contributed by atoms with Crippen LogP contribution in [-0.4, -0.2) is 42.6 Å². The third-order valence-corrected chi connectivity index (χ3v) is 3.39. The van der Waals surface area contributed by atoms with E-state index in [4.69, 9.17) is 19.4 Å². The lowest BCUT2D eigenvalue weighted by Gasteiger charge is -2.31. The number of aliphatic carboxylic acids is 1. The summed E-state index contributed by atoms with van der Waals surface area (Å²) >= 11 is 0. The van der Waals surface area contributed by atoms with E-state index in [1.165, 1.54) is 0 Å². The van der Waals surface area contributed by atoms with Crippen LogP contribution < -0.4 is 11.6 Å². The molecule has 1 aliphatic rings. The molecule has 0 bridgehead atoms. The Hall–Kier alpha value is -0.585. The molecule has 0 aromatic rings.